The number of hydrogen-bond donors (Lipinski definition) is 0. The van der Waals surface area contributed by atoms with Crippen molar-refractivity contribution in [3.63, 3.8) is 0 Å². The van der Waals surface area contributed by atoms with E-state index in [0.717, 1.165) is 6.26 Å². The van der Waals surface area contributed by atoms with Crippen molar-refractivity contribution in [2.45, 2.75) is 25.5 Å². The first kappa shape index (κ1) is 17.0. The summed E-state index contributed by atoms with van der Waals surface area (Å²) >= 11 is 6.18. The van der Waals surface area contributed by atoms with E-state index in [1.165, 1.54) is 0 Å². The van der Waals surface area contributed by atoms with Crippen LogP contribution in [0.4, 0.5) is 10.5 Å². The zero-order valence-electron chi connectivity index (χ0n) is 13.2. The second kappa shape index (κ2) is 5.92. The Balaban J connectivity index is 1.90. The Morgan fingerprint density at radius 1 is 1.42 bits per heavy atom. The van der Waals surface area contributed by atoms with Crippen LogP contribution in [-0.2, 0) is 14.3 Å². The Labute approximate surface area is 145 Å². The van der Waals surface area contributed by atoms with E-state index in [4.69, 9.17) is 21.0 Å². The molecule has 2 fully saturated rings. The van der Waals surface area contributed by atoms with Crippen molar-refractivity contribution < 1.29 is 17.4 Å². The number of anilines is 1. The molecule has 0 aliphatic carbocycles. The molecule has 1 aromatic rings. The molecule has 1 unspecified atom stereocenters. The standard InChI is InChI=1S/C15H16ClN3O4S/c1-9-11(4-3-10(7-17)14(9)16)19-8-12-13(23-24(2,21)22)5-6-18(12)15(19)20/h3-4,12-13H,5-6,8H2,1-2H3/t12?,13-/m0/s1. The molecule has 9 heteroatoms. The highest BCUT2D eigenvalue weighted by atomic mass is 35.5. The van der Waals surface area contributed by atoms with E-state index in [2.05, 4.69) is 0 Å². The molecule has 0 aromatic heterocycles. The second-order valence-corrected chi connectivity index (χ2v) is 7.94. The molecule has 7 nitrogen and oxygen atoms in total. The average molecular weight is 370 g/mol. The fourth-order valence-electron chi connectivity index (χ4n) is 3.29. The molecule has 2 saturated heterocycles. The summed E-state index contributed by atoms with van der Waals surface area (Å²) in [5.74, 6) is 0. The van der Waals surface area contributed by atoms with E-state index in [0.29, 0.717) is 41.3 Å². The first-order chi connectivity index (χ1) is 11.2. The highest BCUT2D eigenvalue weighted by Gasteiger charge is 2.48. The predicted molar refractivity (Wildman–Crippen MR) is 88.5 cm³/mol. The number of benzene rings is 1. The molecule has 128 valence electrons. The summed E-state index contributed by atoms with van der Waals surface area (Å²) in [6.45, 7) is 2.52. The van der Waals surface area contributed by atoms with Gasteiger partial charge in [0.1, 0.15) is 12.2 Å². The molecule has 24 heavy (non-hydrogen) atoms. The van der Waals surface area contributed by atoms with Crippen LogP contribution in [0.3, 0.4) is 0 Å². The smallest absolute Gasteiger partial charge is 0.317 e. The number of urea groups is 1. The van der Waals surface area contributed by atoms with Crippen molar-refractivity contribution in [3.05, 3.63) is 28.3 Å². The van der Waals surface area contributed by atoms with Gasteiger partial charge in [0, 0.05) is 12.2 Å². The van der Waals surface area contributed by atoms with Crippen LogP contribution < -0.4 is 4.90 Å². The van der Waals surface area contributed by atoms with Gasteiger partial charge < -0.3 is 4.90 Å². The molecule has 0 radical (unpaired) electrons. The highest BCUT2D eigenvalue weighted by Crippen LogP contribution is 2.36. The maximum atomic E-state index is 12.7. The Morgan fingerprint density at radius 3 is 2.75 bits per heavy atom. The van der Waals surface area contributed by atoms with Crippen molar-refractivity contribution in [3.8, 4) is 6.07 Å². The number of carbonyl (C=O) groups excluding carboxylic acids is 1. The van der Waals surface area contributed by atoms with Crippen molar-refractivity contribution in [2.75, 3.05) is 24.2 Å². The second-order valence-electron chi connectivity index (χ2n) is 5.96. The Morgan fingerprint density at radius 2 is 2.12 bits per heavy atom. The molecule has 2 aliphatic heterocycles. The van der Waals surface area contributed by atoms with Crippen molar-refractivity contribution >= 4 is 33.4 Å². The Bertz CT molecular complexity index is 849. The van der Waals surface area contributed by atoms with Gasteiger partial charge in [0.15, 0.2) is 0 Å². The van der Waals surface area contributed by atoms with Gasteiger partial charge in [-0.3, -0.25) is 9.08 Å². The number of carbonyl (C=O) groups is 1. The average Bonchev–Trinajstić information content (AvgIpc) is 3.02. The van der Waals surface area contributed by atoms with E-state index >= 15 is 0 Å². The van der Waals surface area contributed by atoms with Gasteiger partial charge >= 0.3 is 6.03 Å². The van der Waals surface area contributed by atoms with Crippen molar-refractivity contribution in [1.82, 2.24) is 4.90 Å². The molecule has 2 amide bonds. The van der Waals surface area contributed by atoms with Crippen LogP contribution in [0.2, 0.25) is 5.02 Å². The monoisotopic (exact) mass is 369 g/mol. The number of nitriles is 1. The van der Waals surface area contributed by atoms with Gasteiger partial charge in [-0.05, 0) is 31.0 Å². The fraction of sp³-hybridized carbons (Fsp3) is 0.467. The van der Waals surface area contributed by atoms with Crippen LogP contribution in [0.5, 0.6) is 0 Å². The largest absolute Gasteiger partial charge is 0.324 e. The number of halogens is 1. The van der Waals surface area contributed by atoms with Gasteiger partial charge in [-0.2, -0.15) is 13.7 Å². The number of nitrogens with zero attached hydrogens (tertiary/aromatic N) is 3. The summed E-state index contributed by atoms with van der Waals surface area (Å²) in [6, 6.07) is 4.74. The maximum Gasteiger partial charge on any atom is 0.324 e. The van der Waals surface area contributed by atoms with Gasteiger partial charge in [0.05, 0.1) is 29.4 Å². The zero-order chi connectivity index (χ0) is 17.6. The van der Waals surface area contributed by atoms with Gasteiger partial charge in [0.2, 0.25) is 0 Å². The lowest BCUT2D eigenvalue weighted by Crippen LogP contribution is -2.35. The van der Waals surface area contributed by atoms with Crippen LogP contribution in [0.25, 0.3) is 0 Å². The lowest BCUT2D eigenvalue weighted by atomic mass is 10.1. The third-order valence-electron chi connectivity index (χ3n) is 4.40. The molecular formula is C15H16ClN3O4S. The SMILES string of the molecule is Cc1c(N2CC3[C@@H](OS(C)(=O)=O)CCN3C2=O)ccc(C#N)c1Cl. The van der Waals surface area contributed by atoms with Crippen LogP contribution in [0.15, 0.2) is 12.1 Å². The summed E-state index contributed by atoms with van der Waals surface area (Å²) in [5.41, 5.74) is 1.62. The summed E-state index contributed by atoms with van der Waals surface area (Å²) in [5, 5.41) is 9.35. The molecule has 3 rings (SSSR count). The number of rotatable bonds is 3. The first-order valence-corrected chi connectivity index (χ1v) is 9.58. The highest BCUT2D eigenvalue weighted by molar-refractivity contribution is 7.86. The van der Waals surface area contributed by atoms with Crippen LogP contribution >= 0.6 is 11.6 Å². The summed E-state index contributed by atoms with van der Waals surface area (Å²) in [4.78, 5) is 15.8. The van der Waals surface area contributed by atoms with Gasteiger partial charge in [-0.25, -0.2) is 4.79 Å². The molecular weight excluding hydrogens is 354 g/mol. The molecule has 0 saturated carbocycles. The summed E-state index contributed by atoms with van der Waals surface area (Å²) in [6.07, 6.45) is 0.960. The van der Waals surface area contributed by atoms with Gasteiger partial charge in [-0.1, -0.05) is 11.6 Å². The molecule has 0 bridgehead atoms. The van der Waals surface area contributed by atoms with Crippen molar-refractivity contribution in [1.29, 1.82) is 5.26 Å². The van der Waals surface area contributed by atoms with E-state index in [-0.39, 0.29) is 12.1 Å². The lowest BCUT2D eigenvalue weighted by Gasteiger charge is -2.21. The summed E-state index contributed by atoms with van der Waals surface area (Å²) in [7, 11) is -3.58. The van der Waals surface area contributed by atoms with Crippen LogP contribution in [0, 0.1) is 18.3 Å². The topological polar surface area (TPSA) is 90.7 Å². The fourth-order valence-corrected chi connectivity index (χ4v) is 4.17. The minimum Gasteiger partial charge on any atom is -0.317 e. The quantitative estimate of drug-likeness (QED) is 0.759. The molecule has 0 N–H and O–H groups in total. The molecule has 1 aromatic carbocycles. The Kier molecular flexibility index (Phi) is 4.20. The molecule has 2 aliphatic rings. The summed E-state index contributed by atoms with van der Waals surface area (Å²) < 4.78 is 27.9. The maximum absolute atomic E-state index is 12.7. The van der Waals surface area contributed by atoms with Crippen LogP contribution in [0.1, 0.15) is 17.5 Å². The van der Waals surface area contributed by atoms with E-state index < -0.39 is 16.2 Å². The minimum absolute atomic E-state index is 0.205. The van der Waals surface area contributed by atoms with E-state index in [1.54, 1.807) is 28.9 Å². The third-order valence-corrected chi connectivity index (χ3v) is 5.48. The lowest BCUT2D eigenvalue weighted by molar-refractivity contribution is 0.172. The van der Waals surface area contributed by atoms with Gasteiger partial charge in [0.25, 0.3) is 10.1 Å². The van der Waals surface area contributed by atoms with Gasteiger partial charge in [-0.15, -0.1) is 0 Å². The molecule has 2 atom stereocenters. The number of amides is 2. The van der Waals surface area contributed by atoms with Crippen LogP contribution in [-0.4, -0.2) is 50.8 Å². The predicted octanol–water partition coefficient (Wildman–Crippen LogP) is 1.88. The van der Waals surface area contributed by atoms with E-state index in [9.17, 15) is 13.2 Å². The normalized spacial score (nSPS) is 23.5. The molecule has 0 spiro atoms. The zero-order valence-corrected chi connectivity index (χ0v) is 14.8. The van der Waals surface area contributed by atoms with Crippen molar-refractivity contribution in [2.24, 2.45) is 0 Å². The Hall–Kier alpha value is -1.82. The first-order valence-electron chi connectivity index (χ1n) is 7.38. The number of fused-ring (bicyclic) bond motifs is 1. The third kappa shape index (κ3) is 2.83. The van der Waals surface area contributed by atoms with E-state index in [1.807, 2.05) is 6.07 Å². The minimum atomic E-state index is -3.58. The molecule has 2 heterocycles. The number of hydrogen-bond acceptors (Lipinski definition) is 5.